The van der Waals surface area contributed by atoms with E-state index in [9.17, 15) is 4.79 Å². The van der Waals surface area contributed by atoms with E-state index in [-0.39, 0.29) is 0 Å². The molecule has 0 radical (unpaired) electrons. The zero-order chi connectivity index (χ0) is 13.1. The molecule has 0 bridgehead atoms. The highest BCUT2D eigenvalue weighted by Crippen LogP contribution is 2.20. The molecule has 100 valence electrons. The molecule has 4 nitrogen and oxygen atoms in total. The van der Waals surface area contributed by atoms with Crippen molar-refractivity contribution in [2.24, 2.45) is 0 Å². The maximum Gasteiger partial charge on any atom is 0.152 e. The molecule has 1 aliphatic heterocycles. The van der Waals surface area contributed by atoms with Crippen LogP contribution in [0.2, 0.25) is 0 Å². The van der Waals surface area contributed by atoms with Gasteiger partial charge >= 0.3 is 0 Å². The summed E-state index contributed by atoms with van der Waals surface area (Å²) in [5.41, 5.74) is 1.62. The Bertz CT molecular complexity index is 571. The van der Waals surface area contributed by atoms with Crippen LogP contribution in [0.4, 0.5) is 0 Å². The highest BCUT2D eigenvalue weighted by molar-refractivity contribution is 5.95. The van der Waals surface area contributed by atoms with Gasteiger partial charge in [0, 0.05) is 36.5 Å². The van der Waals surface area contributed by atoms with Gasteiger partial charge in [0.25, 0.3) is 0 Å². The lowest BCUT2D eigenvalue weighted by molar-refractivity contribution is 0.101. The molecule has 1 unspecified atom stereocenters. The number of carbonyl (C=O) groups is 1. The van der Waals surface area contributed by atoms with E-state index in [4.69, 9.17) is 4.74 Å². The summed E-state index contributed by atoms with van der Waals surface area (Å²) in [6, 6.07) is 3.81. The third-order valence-corrected chi connectivity index (χ3v) is 3.74. The van der Waals surface area contributed by atoms with Crippen LogP contribution in [-0.4, -0.2) is 28.5 Å². The van der Waals surface area contributed by atoms with Crippen molar-refractivity contribution in [2.75, 3.05) is 6.61 Å². The Morgan fingerprint density at radius 2 is 2.47 bits per heavy atom. The lowest BCUT2D eigenvalue weighted by Gasteiger charge is -2.09. The van der Waals surface area contributed by atoms with Crippen molar-refractivity contribution in [2.45, 2.75) is 38.3 Å². The maximum atomic E-state index is 11.1. The third-order valence-electron chi connectivity index (χ3n) is 3.74. The molecule has 0 spiro atoms. The van der Waals surface area contributed by atoms with Gasteiger partial charge in [0.1, 0.15) is 5.65 Å². The van der Waals surface area contributed by atoms with Gasteiger partial charge in [-0.1, -0.05) is 0 Å². The van der Waals surface area contributed by atoms with Crippen LogP contribution in [0, 0.1) is 0 Å². The lowest BCUT2D eigenvalue weighted by Crippen LogP contribution is -2.07. The summed E-state index contributed by atoms with van der Waals surface area (Å²) in [7, 11) is 0. The topological polar surface area (TPSA) is 44.1 Å². The third kappa shape index (κ3) is 2.54. The number of aryl methyl sites for hydroxylation is 1. The summed E-state index contributed by atoms with van der Waals surface area (Å²) >= 11 is 0. The summed E-state index contributed by atoms with van der Waals surface area (Å²) in [6.07, 6.45) is 9.53. The van der Waals surface area contributed by atoms with Gasteiger partial charge in [-0.25, -0.2) is 4.98 Å². The first-order valence-electron chi connectivity index (χ1n) is 6.89. The molecule has 0 aromatic carbocycles. The molecule has 1 aliphatic rings. The molecule has 19 heavy (non-hydrogen) atoms. The molecule has 0 saturated carbocycles. The minimum Gasteiger partial charge on any atom is -0.378 e. The van der Waals surface area contributed by atoms with E-state index in [1.807, 2.05) is 18.3 Å². The van der Waals surface area contributed by atoms with Crippen LogP contribution < -0.4 is 0 Å². The van der Waals surface area contributed by atoms with E-state index in [0.717, 1.165) is 48.9 Å². The van der Waals surface area contributed by atoms with E-state index in [0.29, 0.717) is 6.10 Å². The zero-order valence-corrected chi connectivity index (χ0v) is 10.9. The smallest absolute Gasteiger partial charge is 0.152 e. The van der Waals surface area contributed by atoms with Crippen molar-refractivity contribution in [3.63, 3.8) is 0 Å². The first kappa shape index (κ1) is 12.4. The summed E-state index contributed by atoms with van der Waals surface area (Å²) in [4.78, 5) is 15.4. The summed E-state index contributed by atoms with van der Waals surface area (Å²) in [5, 5.41) is 0.939. The van der Waals surface area contributed by atoms with Crippen molar-refractivity contribution in [3.05, 3.63) is 30.1 Å². The molecule has 3 rings (SSSR count). The van der Waals surface area contributed by atoms with Crippen LogP contribution >= 0.6 is 0 Å². The second-order valence-electron chi connectivity index (χ2n) is 5.05. The highest BCUT2D eigenvalue weighted by Gasteiger charge is 2.15. The molecule has 2 aromatic rings. The number of aldehydes is 1. The Morgan fingerprint density at radius 1 is 1.53 bits per heavy atom. The fourth-order valence-corrected chi connectivity index (χ4v) is 2.78. The Kier molecular flexibility index (Phi) is 3.60. The van der Waals surface area contributed by atoms with Crippen LogP contribution in [0.15, 0.2) is 24.5 Å². The largest absolute Gasteiger partial charge is 0.378 e. The minimum absolute atomic E-state index is 0.431. The van der Waals surface area contributed by atoms with E-state index >= 15 is 0 Å². The molecule has 1 atom stereocenters. The van der Waals surface area contributed by atoms with Crippen LogP contribution in [-0.2, 0) is 11.3 Å². The minimum atomic E-state index is 0.431. The van der Waals surface area contributed by atoms with Gasteiger partial charge in [0.2, 0.25) is 0 Å². The zero-order valence-electron chi connectivity index (χ0n) is 10.9. The predicted molar refractivity (Wildman–Crippen MR) is 73.3 cm³/mol. The van der Waals surface area contributed by atoms with Gasteiger partial charge in [-0.15, -0.1) is 0 Å². The summed E-state index contributed by atoms with van der Waals surface area (Å²) < 4.78 is 7.70. The van der Waals surface area contributed by atoms with Gasteiger partial charge in [-0.2, -0.15) is 0 Å². The molecular weight excluding hydrogens is 240 g/mol. The summed E-state index contributed by atoms with van der Waals surface area (Å²) in [5.74, 6) is 0. The molecule has 0 N–H and O–H groups in total. The quantitative estimate of drug-likeness (QED) is 0.775. The molecule has 1 fully saturated rings. The fourth-order valence-electron chi connectivity index (χ4n) is 2.78. The van der Waals surface area contributed by atoms with Crippen molar-refractivity contribution in [1.82, 2.24) is 9.55 Å². The maximum absolute atomic E-state index is 11.1. The first-order valence-corrected chi connectivity index (χ1v) is 6.89. The Labute approximate surface area is 112 Å². The molecule has 1 saturated heterocycles. The van der Waals surface area contributed by atoms with Crippen LogP contribution in [0.1, 0.15) is 36.0 Å². The van der Waals surface area contributed by atoms with Crippen molar-refractivity contribution in [1.29, 1.82) is 0 Å². The van der Waals surface area contributed by atoms with Crippen LogP contribution in [0.3, 0.4) is 0 Å². The van der Waals surface area contributed by atoms with Crippen LogP contribution in [0.5, 0.6) is 0 Å². The number of aromatic nitrogens is 2. The monoisotopic (exact) mass is 258 g/mol. The average molecular weight is 258 g/mol. The molecule has 2 aromatic heterocycles. The van der Waals surface area contributed by atoms with Gasteiger partial charge in [-0.3, -0.25) is 4.79 Å². The SMILES string of the molecule is O=Cc1cn(CCCC2CCCO2)c2ncccc12. The van der Waals surface area contributed by atoms with E-state index in [1.165, 1.54) is 12.8 Å². The number of nitrogens with zero attached hydrogens (tertiary/aromatic N) is 2. The van der Waals surface area contributed by atoms with Gasteiger partial charge in [0.05, 0.1) is 6.10 Å². The van der Waals surface area contributed by atoms with E-state index in [2.05, 4.69) is 9.55 Å². The van der Waals surface area contributed by atoms with Crippen molar-refractivity contribution < 1.29 is 9.53 Å². The van der Waals surface area contributed by atoms with E-state index in [1.54, 1.807) is 6.20 Å². The van der Waals surface area contributed by atoms with Gasteiger partial charge in [-0.05, 0) is 37.8 Å². The number of carbonyl (C=O) groups excluding carboxylic acids is 1. The van der Waals surface area contributed by atoms with E-state index < -0.39 is 0 Å². The van der Waals surface area contributed by atoms with Crippen molar-refractivity contribution >= 4 is 17.3 Å². The number of hydrogen-bond acceptors (Lipinski definition) is 3. The molecule has 3 heterocycles. The molecule has 4 heteroatoms. The number of rotatable bonds is 5. The Morgan fingerprint density at radius 3 is 3.26 bits per heavy atom. The normalized spacial score (nSPS) is 19.1. The van der Waals surface area contributed by atoms with Crippen molar-refractivity contribution in [3.8, 4) is 0 Å². The average Bonchev–Trinajstić information content (AvgIpc) is 3.07. The number of fused-ring (bicyclic) bond motifs is 1. The summed E-state index contributed by atoms with van der Waals surface area (Å²) in [6.45, 7) is 1.80. The first-order chi connectivity index (χ1) is 9.38. The van der Waals surface area contributed by atoms with Gasteiger partial charge in [0.15, 0.2) is 6.29 Å². The predicted octanol–water partition coefficient (Wildman–Crippen LogP) is 2.81. The number of ether oxygens (including phenoxy) is 1. The molecule has 0 aliphatic carbocycles. The second-order valence-corrected chi connectivity index (χ2v) is 5.05. The highest BCUT2D eigenvalue weighted by atomic mass is 16.5. The molecular formula is C15H18N2O2. The lowest BCUT2D eigenvalue weighted by atomic mass is 10.1. The van der Waals surface area contributed by atoms with Crippen LogP contribution in [0.25, 0.3) is 11.0 Å². The Balaban J connectivity index is 1.71. The standard InChI is InChI=1S/C15H18N2O2/c18-11-12-10-17(15-14(12)6-1-7-16-15)8-2-4-13-5-3-9-19-13/h1,6-7,10-11,13H,2-5,8-9H2. The van der Waals surface area contributed by atoms with Gasteiger partial charge < -0.3 is 9.30 Å². The Hall–Kier alpha value is -1.68. The molecule has 0 amide bonds. The number of pyridine rings is 1. The fraction of sp³-hybridized carbons (Fsp3) is 0.467. The number of hydrogen-bond donors (Lipinski definition) is 0. The second kappa shape index (κ2) is 5.53.